The fourth-order valence-electron chi connectivity index (χ4n) is 4.52. The lowest BCUT2D eigenvalue weighted by molar-refractivity contribution is 0.0728. The fourth-order valence-corrected chi connectivity index (χ4v) is 4.52. The molecule has 1 atom stereocenters. The highest BCUT2D eigenvalue weighted by Gasteiger charge is 2.33. The first-order valence-corrected chi connectivity index (χ1v) is 10.9. The Morgan fingerprint density at radius 1 is 1.10 bits per heavy atom. The molecule has 0 N–H and O–H groups in total. The minimum Gasteiger partial charge on any atom is -0.486 e. The Kier molecular flexibility index (Phi) is 5.10. The number of amides is 1. The molecule has 1 saturated heterocycles. The first-order chi connectivity index (χ1) is 15.2. The monoisotopic (exact) mass is 419 g/mol. The molecule has 2 aliphatic rings. The minimum atomic E-state index is -0.154. The molecule has 1 aromatic heterocycles. The van der Waals surface area contributed by atoms with Crippen LogP contribution in [0, 0.1) is 0 Å². The Labute approximate surface area is 180 Å². The number of aromatic nitrogens is 2. The molecule has 2 aromatic carbocycles. The standard InChI is InChI=1S/C24H25N3O4/c1-2-11-27-23(28)18-7-4-3-6-17(18)22(25-27)24(29)26-12-5-8-19(26)16-9-10-20-21(15-16)31-14-13-30-20/h3-4,6-7,9-10,15,19H,2,5,8,11-14H2,1H3. The third-order valence-electron chi connectivity index (χ3n) is 5.97. The highest BCUT2D eigenvalue weighted by atomic mass is 16.6. The molecule has 160 valence electrons. The maximum Gasteiger partial charge on any atom is 0.275 e. The third-order valence-corrected chi connectivity index (χ3v) is 5.97. The van der Waals surface area contributed by atoms with E-state index in [-0.39, 0.29) is 17.5 Å². The van der Waals surface area contributed by atoms with Gasteiger partial charge in [0, 0.05) is 18.5 Å². The summed E-state index contributed by atoms with van der Waals surface area (Å²) in [6, 6.07) is 13.1. The van der Waals surface area contributed by atoms with E-state index >= 15 is 0 Å². The number of benzene rings is 2. The van der Waals surface area contributed by atoms with Crippen LogP contribution < -0.4 is 15.0 Å². The molecular formula is C24H25N3O4. The van der Waals surface area contributed by atoms with Crippen LogP contribution in [-0.2, 0) is 6.54 Å². The average Bonchev–Trinajstić information content (AvgIpc) is 3.30. The van der Waals surface area contributed by atoms with Crippen molar-refractivity contribution in [2.24, 2.45) is 0 Å². The van der Waals surface area contributed by atoms with E-state index in [2.05, 4.69) is 5.10 Å². The van der Waals surface area contributed by atoms with Gasteiger partial charge in [-0.25, -0.2) is 4.68 Å². The number of nitrogens with zero attached hydrogens (tertiary/aromatic N) is 3. The van der Waals surface area contributed by atoms with E-state index in [1.165, 1.54) is 4.68 Å². The Bertz CT molecular complexity index is 1200. The lowest BCUT2D eigenvalue weighted by Crippen LogP contribution is -2.34. The Morgan fingerprint density at radius 2 is 1.87 bits per heavy atom. The van der Waals surface area contributed by atoms with E-state index in [1.54, 1.807) is 6.07 Å². The van der Waals surface area contributed by atoms with Crippen LogP contribution in [0.1, 0.15) is 48.3 Å². The van der Waals surface area contributed by atoms with Crippen molar-refractivity contribution in [3.8, 4) is 11.5 Å². The minimum absolute atomic E-state index is 0.0598. The number of hydrogen-bond donors (Lipinski definition) is 0. The molecule has 5 rings (SSSR count). The highest BCUT2D eigenvalue weighted by molar-refractivity contribution is 6.05. The van der Waals surface area contributed by atoms with Gasteiger partial charge in [0.2, 0.25) is 0 Å². The maximum absolute atomic E-state index is 13.7. The van der Waals surface area contributed by atoms with Gasteiger partial charge in [-0.3, -0.25) is 9.59 Å². The van der Waals surface area contributed by atoms with Crippen molar-refractivity contribution in [3.05, 3.63) is 64.1 Å². The lowest BCUT2D eigenvalue weighted by Gasteiger charge is -2.27. The van der Waals surface area contributed by atoms with Crippen molar-refractivity contribution >= 4 is 16.7 Å². The van der Waals surface area contributed by atoms with Gasteiger partial charge in [-0.15, -0.1) is 0 Å². The van der Waals surface area contributed by atoms with Crippen molar-refractivity contribution in [2.75, 3.05) is 19.8 Å². The summed E-state index contributed by atoms with van der Waals surface area (Å²) < 4.78 is 12.8. The first kappa shape index (κ1) is 19.6. The topological polar surface area (TPSA) is 73.7 Å². The maximum atomic E-state index is 13.7. The van der Waals surface area contributed by atoms with E-state index in [0.717, 1.165) is 36.3 Å². The van der Waals surface area contributed by atoms with E-state index in [9.17, 15) is 9.59 Å². The number of ether oxygens (including phenoxy) is 2. The summed E-state index contributed by atoms with van der Waals surface area (Å²) in [5.41, 5.74) is 1.22. The fraction of sp³-hybridized carbons (Fsp3) is 0.375. The second-order valence-corrected chi connectivity index (χ2v) is 7.98. The zero-order chi connectivity index (χ0) is 21.4. The number of carbonyl (C=O) groups is 1. The van der Waals surface area contributed by atoms with Gasteiger partial charge in [-0.2, -0.15) is 5.10 Å². The molecule has 0 aliphatic carbocycles. The van der Waals surface area contributed by atoms with Crippen LogP contribution in [0.15, 0.2) is 47.3 Å². The van der Waals surface area contributed by atoms with Crippen LogP contribution in [0.25, 0.3) is 10.8 Å². The second-order valence-electron chi connectivity index (χ2n) is 7.98. The summed E-state index contributed by atoms with van der Waals surface area (Å²) in [4.78, 5) is 28.4. The summed E-state index contributed by atoms with van der Waals surface area (Å²) in [5.74, 6) is 1.33. The number of likely N-dealkylation sites (tertiary alicyclic amines) is 1. The normalized spacial score (nSPS) is 17.8. The summed E-state index contributed by atoms with van der Waals surface area (Å²) in [7, 11) is 0. The number of carbonyl (C=O) groups excluding carboxylic acids is 1. The molecule has 31 heavy (non-hydrogen) atoms. The smallest absolute Gasteiger partial charge is 0.275 e. The number of hydrogen-bond acceptors (Lipinski definition) is 5. The van der Waals surface area contributed by atoms with Gasteiger partial charge < -0.3 is 14.4 Å². The van der Waals surface area contributed by atoms with Gasteiger partial charge in [0.1, 0.15) is 13.2 Å². The molecule has 3 heterocycles. The predicted octanol–water partition coefficient (Wildman–Crippen LogP) is 3.56. The van der Waals surface area contributed by atoms with Gasteiger partial charge in [0.15, 0.2) is 17.2 Å². The number of aryl methyl sites for hydroxylation is 1. The predicted molar refractivity (Wildman–Crippen MR) is 117 cm³/mol. The average molecular weight is 419 g/mol. The van der Waals surface area contributed by atoms with Gasteiger partial charge in [-0.1, -0.05) is 31.2 Å². The number of fused-ring (bicyclic) bond motifs is 2. The quantitative estimate of drug-likeness (QED) is 0.647. The third kappa shape index (κ3) is 3.44. The summed E-state index contributed by atoms with van der Waals surface area (Å²) in [6.45, 7) is 4.20. The Morgan fingerprint density at radius 3 is 2.68 bits per heavy atom. The highest BCUT2D eigenvalue weighted by Crippen LogP contribution is 2.38. The van der Waals surface area contributed by atoms with Crippen molar-refractivity contribution in [3.63, 3.8) is 0 Å². The largest absolute Gasteiger partial charge is 0.486 e. The van der Waals surface area contributed by atoms with Gasteiger partial charge in [-0.05, 0) is 43.0 Å². The van der Waals surface area contributed by atoms with Crippen LogP contribution in [0.4, 0.5) is 0 Å². The summed E-state index contributed by atoms with van der Waals surface area (Å²) >= 11 is 0. The van der Waals surface area contributed by atoms with Gasteiger partial charge >= 0.3 is 0 Å². The molecule has 0 radical (unpaired) electrons. The van der Waals surface area contributed by atoms with Crippen LogP contribution in [0.3, 0.4) is 0 Å². The molecule has 1 fully saturated rings. The molecule has 0 spiro atoms. The number of rotatable bonds is 4. The van der Waals surface area contributed by atoms with Crippen molar-refractivity contribution < 1.29 is 14.3 Å². The molecule has 1 amide bonds. The van der Waals surface area contributed by atoms with E-state index in [1.807, 2.05) is 48.2 Å². The lowest BCUT2D eigenvalue weighted by atomic mass is 10.0. The molecule has 0 bridgehead atoms. The van der Waals surface area contributed by atoms with E-state index < -0.39 is 0 Å². The SMILES string of the molecule is CCCn1nc(C(=O)N2CCCC2c2ccc3c(c2)OCCO3)c2ccccc2c1=O. The molecule has 0 saturated carbocycles. The zero-order valence-electron chi connectivity index (χ0n) is 17.5. The zero-order valence-corrected chi connectivity index (χ0v) is 17.5. The Hall–Kier alpha value is -3.35. The van der Waals surface area contributed by atoms with E-state index in [0.29, 0.717) is 42.8 Å². The van der Waals surface area contributed by atoms with Crippen LogP contribution in [0.2, 0.25) is 0 Å². The summed E-state index contributed by atoms with van der Waals surface area (Å²) in [5, 5.41) is 5.64. The van der Waals surface area contributed by atoms with Crippen molar-refractivity contribution in [1.82, 2.24) is 14.7 Å². The van der Waals surface area contributed by atoms with Gasteiger partial charge in [0.05, 0.1) is 11.4 Å². The van der Waals surface area contributed by atoms with Gasteiger partial charge in [0.25, 0.3) is 11.5 Å². The Balaban J connectivity index is 1.54. The molecule has 7 heteroatoms. The second kappa shape index (κ2) is 8.06. The molecule has 3 aromatic rings. The van der Waals surface area contributed by atoms with Crippen LogP contribution >= 0.6 is 0 Å². The molecule has 7 nitrogen and oxygen atoms in total. The molecule has 2 aliphatic heterocycles. The molecular weight excluding hydrogens is 394 g/mol. The first-order valence-electron chi connectivity index (χ1n) is 10.9. The van der Waals surface area contributed by atoms with Crippen LogP contribution in [0.5, 0.6) is 11.5 Å². The summed E-state index contributed by atoms with van der Waals surface area (Å²) in [6.07, 6.45) is 2.55. The van der Waals surface area contributed by atoms with E-state index in [4.69, 9.17) is 9.47 Å². The molecule has 1 unspecified atom stereocenters. The van der Waals surface area contributed by atoms with Crippen LogP contribution in [-0.4, -0.2) is 40.3 Å². The van der Waals surface area contributed by atoms with Crippen molar-refractivity contribution in [1.29, 1.82) is 0 Å². The van der Waals surface area contributed by atoms with Crippen molar-refractivity contribution in [2.45, 2.75) is 38.8 Å².